The average Bonchev–Trinajstić information content (AvgIpc) is 3.60. The Bertz CT molecular complexity index is 1330. The highest BCUT2D eigenvalue weighted by atomic mass is 16.7. The predicted molar refractivity (Wildman–Crippen MR) is 171 cm³/mol. The molecule has 0 spiro atoms. The minimum atomic E-state index is -1.63. The van der Waals surface area contributed by atoms with Gasteiger partial charge in [-0.1, -0.05) is 6.92 Å². The molecule has 17 atom stereocenters. The monoisotopic (exact) mass is 710 g/mol. The van der Waals surface area contributed by atoms with Crippen LogP contribution < -0.4 is 0 Å². The lowest BCUT2D eigenvalue weighted by atomic mass is 9.41. The number of rotatable bonds is 7. The number of hydrogen-bond donors (Lipinski definition) is 7. The summed E-state index contributed by atoms with van der Waals surface area (Å²) in [5.41, 5.74) is -2.92. The van der Waals surface area contributed by atoms with Gasteiger partial charge in [0.15, 0.2) is 6.29 Å². The second kappa shape index (κ2) is 13.4. The van der Waals surface area contributed by atoms with Crippen molar-refractivity contribution in [3.63, 3.8) is 0 Å². The molecule has 0 aromatic carbocycles. The molecule has 4 saturated carbocycles. The van der Waals surface area contributed by atoms with Crippen molar-refractivity contribution in [3.8, 4) is 0 Å². The quantitative estimate of drug-likeness (QED) is 0.133. The van der Waals surface area contributed by atoms with Gasteiger partial charge in [0.1, 0.15) is 43.4 Å². The van der Waals surface area contributed by atoms with E-state index in [0.29, 0.717) is 44.9 Å². The summed E-state index contributed by atoms with van der Waals surface area (Å²) in [6, 6.07) is 0. The molecule has 0 aromatic rings. The number of carbonyl (C=O) groups is 2. The van der Waals surface area contributed by atoms with E-state index in [1.54, 1.807) is 13.0 Å². The molecule has 14 nitrogen and oxygen atoms in total. The van der Waals surface area contributed by atoms with Crippen LogP contribution >= 0.6 is 0 Å². The van der Waals surface area contributed by atoms with E-state index < -0.39 is 89.9 Å². The highest BCUT2D eigenvalue weighted by Gasteiger charge is 2.71. The fraction of sp³-hybridized carbons (Fsp3) is 0.889. The van der Waals surface area contributed by atoms with Gasteiger partial charge >= 0.3 is 5.97 Å². The lowest BCUT2D eigenvalue weighted by Crippen LogP contribution is -2.69. The number of hydrogen-bond acceptors (Lipinski definition) is 14. The first-order valence-corrected chi connectivity index (χ1v) is 18.4. The Morgan fingerprint density at radius 1 is 0.940 bits per heavy atom. The fourth-order valence-electron chi connectivity index (χ4n) is 11.5. The van der Waals surface area contributed by atoms with Gasteiger partial charge in [-0.05, 0) is 81.6 Å². The third-order valence-corrected chi connectivity index (χ3v) is 14.2. The molecule has 6 fully saturated rings. The van der Waals surface area contributed by atoms with E-state index in [0.717, 1.165) is 18.3 Å². The largest absolute Gasteiger partial charge is 0.458 e. The minimum Gasteiger partial charge on any atom is -0.458 e. The predicted octanol–water partition coefficient (Wildman–Crippen LogP) is -0.354. The van der Waals surface area contributed by atoms with E-state index in [-0.39, 0.29) is 49.8 Å². The van der Waals surface area contributed by atoms with Gasteiger partial charge in [0.05, 0.1) is 54.2 Å². The molecule has 0 bridgehead atoms. The van der Waals surface area contributed by atoms with Crippen LogP contribution in [0.1, 0.15) is 78.1 Å². The topological polar surface area (TPSA) is 222 Å². The van der Waals surface area contributed by atoms with Crippen molar-refractivity contribution in [1.29, 1.82) is 0 Å². The highest BCUT2D eigenvalue weighted by Crippen LogP contribution is 2.70. The SMILES string of the molecule is CC1OCC(OC2CCC3(C=O)C4CCC5(C)C(C6=CC(=O)OC6)CCC5(O)C4CCC3(O)C2)CC(O)C1OC1OC(CO)C(O)C(O)C1O. The van der Waals surface area contributed by atoms with Gasteiger partial charge in [-0.3, -0.25) is 0 Å². The van der Waals surface area contributed by atoms with Crippen molar-refractivity contribution in [1.82, 2.24) is 0 Å². The fourth-order valence-corrected chi connectivity index (χ4v) is 11.5. The summed E-state index contributed by atoms with van der Waals surface area (Å²) in [4.78, 5) is 25.1. The maximum atomic E-state index is 13.2. The number of aliphatic hydroxyl groups is 7. The standard InChI is InChI=1S/C36H54O14/c1-18-31(50-32-30(43)29(42)28(41)26(14-37)49-32)25(39)12-21(16-46-18)48-20-3-8-34(17-38)23-4-7-33(2)22(19-11-27(40)47-15-19)6-10-36(33,45)24(23)5-9-35(34,44)13-20/h11,17-18,20-26,28-32,37,39,41-45H,3-10,12-16H2,1-2H3. The Morgan fingerprint density at radius 3 is 2.40 bits per heavy atom. The zero-order chi connectivity index (χ0) is 35.8. The number of aliphatic hydroxyl groups excluding tert-OH is 5. The van der Waals surface area contributed by atoms with Crippen LogP contribution in [0.15, 0.2) is 11.6 Å². The lowest BCUT2D eigenvalue weighted by Gasteiger charge is -2.65. The molecule has 3 heterocycles. The molecule has 0 radical (unpaired) electrons. The number of cyclic esters (lactones) is 1. The third kappa shape index (κ3) is 5.64. The summed E-state index contributed by atoms with van der Waals surface area (Å²) in [6.45, 7) is 3.57. The molecular formula is C36H54O14. The van der Waals surface area contributed by atoms with Crippen LogP contribution in [0.5, 0.6) is 0 Å². The summed E-state index contributed by atoms with van der Waals surface area (Å²) >= 11 is 0. The summed E-state index contributed by atoms with van der Waals surface area (Å²) in [5.74, 6) is -0.675. The Morgan fingerprint density at radius 2 is 1.70 bits per heavy atom. The third-order valence-electron chi connectivity index (χ3n) is 14.2. The Kier molecular flexibility index (Phi) is 9.84. The van der Waals surface area contributed by atoms with Gasteiger partial charge in [0.25, 0.3) is 0 Å². The van der Waals surface area contributed by atoms with Gasteiger partial charge in [-0.15, -0.1) is 0 Å². The maximum absolute atomic E-state index is 13.2. The molecule has 2 saturated heterocycles. The molecule has 50 heavy (non-hydrogen) atoms. The number of esters is 1. The van der Waals surface area contributed by atoms with Crippen LogP contribution in [-0.2, 0) is 33.3 Å². The van der Waals surface area contributed by atoms with Crippen molar-refractivity contribution in [2.75, 3.05) is 19.8 Å². The molecule has 3 aliphatic heterocycles. The van der Waals surface area contributed by atoms with Crippen LogP contribution in [0.2, 0.25) is 0 Å². The number of aldehydes is 1. The van der Waals surface area contributed by atoms with Crippen LogP contribution in [0.25, 0.3) is 0 Å². The van der Waals surface area contributed by atoms with E-state index in [2.05, 4.69) is 6.92 Å². The van der Waals surface area contributed by atoms with Crippen LogP contribution in [0, 0.1) is 28.6 Å². The van der Waals surface area contributed by atoms with Gasteiger partial charge < -0.3 is 64.2 Å². The van der Waals surface area contributed by atoms with Crippen LogP contribution in [0.3, 0.4) is 0 Å². The first-order chi connectivity index (χ1) is 23.7. The van der Waals surface area contributed by atoms with Gasteiger partial charge in [0.2, 0.25) is 0 Å². The molecule has 282 valence electrons. The normalized spacial score (nSPS) is 53.7. The first-order valence-electron chi connectivity index (χ1n) is 18.4. The number of carbonyl (C=O) groups excluding carboxylic acids is 2. The van der Waals surface area contributed by atoms with Crippen molar-refractivity contribution < 1.29 is 69.0 Å². The summed E-state index contributed by atoms with van der Waals surface area (Å²) in [7, 11) is 0. The smallest absolute Gasteiger partial charge is 0.331 e. The van der Waals surface area contributed by atoms with Crippen LogP contribution in [-0.4, -0.2) is 140 Å². The highest BCUT2D eigenvalue weighted by molar-refractivity contribution is 5.85. The van der Waals surface area contributed by atoms with E-state index in [4.69, 9.17) is 23.7 Å². The van der Waals surface area contributed by atoms with Crippen molar-refractivity contribution in [3.05, 3.63) is 11.6 Å². The molecule has 4 aliphatic carbocycles. The van der Waals surface area contributed by atoms with Crippen molar-refractivity contribution in [2.24, 2.45) is 28.6 Å². The second-order valence-corrected chi connectivity index (χ2v) is 16.5. The summed E-state index contributed by atoms with van der Waals surface area (Å²) in [5, 5.41) is 76.3. The number of ether oxygens (including phenoxy) is 5. The Labute approximate surface area is 291 Å². The molecule has 7 aliphatic rings. The van der Waals surface area contributed by atoms with Gasteiger partial charge in [-0.25, -0.2) is 4.79 Å². The lowest BCUT2D eigenvalue weighted by molar-refractivity contribution is -0.323. The summed E-state index contributed by atoms with van der Waals surface area (Å²) in [6.07, 6.45) is -3.81. The minimum absolute atomic E-state index is 0.0269. The molecule has 17 unspecified atom stereocenters. The van der Waals surface area contributed by atoms with E-state index >= 15 is 0 Å². The Hall–Kier alpha value is -1.56. The molecule has 0 amide bonds. The molecular weight excluding hydrogens is 656 g/mol. The van der Waals surface area contributed by atoms with Crippen LogP contribution in [0.4, 0.5) is 0 Å². The molecule has 14 heteroatoms. The summed E-state index contributed by atoms with van der Waals surface area (Å²) < 4.78 is 29.1. The molecule has 7 N–H and O–H groups in total. The average molecular weight is 711 g/mol. The van der Waals surface area contributed by atoms with Crippen molar-refractivity contribution in [2.45, 2.75) is 150 Å². The second-order valence-electron chi connectivity index (χ2n) is 16.5. The molecule has 0 aromatic heterocycles. The number of fused-ring (bicyclic) bond motifs is 5. The zero-order valence-corrected chi connectivity index (χ0v) is 28.8. The Balaban J connectivity index is 1.01. The van der Waals surface area contributed by atoms with Gasteiger partial charge in [-0.2, -0.15) is 0 Å². The van der Waals surface area contributed by atoms with E-state index in [9.17, 15) is 45.3 Å². The van der Waals surface area contributed by atoms with E-state index in [1.807, 2.05) is 0 Å². The van der Waals surface area contributed by atoms with Crippen molar-refractivity contribution >= 4 is 12.3 Å². The zero-order valence-electron chi connectivity index (χ0n) is 28.8. The first kappa shape index (κ1) is 36.8. The maximum Gasteiger partial charge on any atom is 0.331 e. The molecule has 7 rings (SSSR count). The van der Waals surface area contributed by atoms with Gasteiger partial charge in [0, 0.05) is 24.3 Å². The van der Waals surface area contributed by atoms with E-state index in [1.165, 1.54) is 0 Å².